The van der Waals surface area contributed by atoms with Gasteiger partial charge in [0, 0.05) is 18.4 Å². The van der Waals surface area contributed by atoms with Crippen molar-refractivity contribution in [1.29, 1.82) is 0 Å². The third kappa shape index (κ3) is 5.23. The van der Waals surface area contributed by atoms with Gasteiger partial charge in [0.25, 0.3) is 0 Å². The van der Waals surface area contributed by atoms with Crippen LogP contribution in [0.4, 0.5) is 0 Å². The van der Waals surface area contributed by atoms with Crippen molar-refractivity contribution in [3.63, 3.8) is 0 Å². The van der Waals surface area contributed by atoms with Crippen molar-refractivity contribution in [3.8, 4) is 11.3 Å². The third-order valence-electron chi connectivity index (χ3n) is 5.00. The lowest BCUT2D eigenvalue weighted by Gasteiger charge is -2.19. The molecule has 1 unspecified atom stereocenters. The van der Waals surface area contributed by atoms with Crippen molar-refractivity contribution >= 4 is 5.91 Å². The van der Waals surface area contributed by atoms with Crippen LogP contribution in [0.25, 0.3) is 11.3 Å². The molecule has 150 valence electrons. The zero-order valence-electron chi connectivity index (χ0n) is 16.7. The summed E-state index contributed by atoms with van der Waals surface area (Å²) in [5, 5.41) is 3.18. The highest BCUT2D eigenvalue weighted by Gasteiger charge is 2.16. The van der Waals surface area contributed by atoms with Crippen molar-refractivity contribution in [2.75, 3.05) is 0 Å². The van der Waals surface area contributed by atoms with Crippen LogP contribution >= 0.6 is 0 Å². The lowest BCUT2D eigenvalue weighted by Crippen LogP contribution is -2.30. The molecule has 30 heavy (non-hydrogen) atoms. The van der Waals surface area contributed by atoms with Gasteiger partial charge in [-0.15, -0.1) is 0 Å². The Morgan fingerprint density at radius 2 is 1.50 bits per heavy atom. The van der Waals surface area contributed by atoms with Gasteiger partial charge >= 0.3 is 0 Å². The minimum Gasteiger partial charge on any atom is -0.441 e. The molecule has 0 fully saturated rings. The number of amides is 1. The molecular weight excluding hydrogens is 372 g/mol. The number of oxazole rings is 1. The number of hydrogen-bond acceptors (Lipinski definition) is 3. The Morgan fingerprint density at radius 3 is 2.20 bits per heavy atom. The van der Waals surface area contributed by atoms with Gasteiger partial charge in [-0.25, -0.2) is 4.98 Å². The monoisotopic (exact) mass is 396 g/mol. The molecule has 1 atom stereocenters. The van der Waals surface area contributed by atoms with Crippen molar-refractivity contribution < 1.29 is 9.21 Å². The van der Waals surface area contributed by atoms with Gasteiger partial charge in [0.05, 0.1) is 12.2 Å². The molecule has 0 spiro atoms. The summed E-state index contributed by atoms with van der Waals surface area (Å²) < 4.78 is 5.81. The predicted molar refractivity (Wildman–Crippen MR) is 118 cm³/mol. The Labute approximate surface area is 176 Å². The summed E-state index contributed by atoms with van der Waals surface area (Å²) in [7, 11) is 0. The number of nitrogens with one attached hydrogen (secondary N) is 1. The summed E-state index contributed by atoms with van der Waals surface area (Å²) in [5.74, 6) is 1.28. The molecular formula is C26H24N2O2. The minimum atomic E-state index is -0.0782. The van der Waals surface area contributed by atoms with Crippen LogP contribution in [0.3, 0.4) is 0 Å². The largest absolute Gasteiger partial charge is 0.441 e. The maximum absolute atomic E-state index is 12.7. The van der Waals surface area contributed by atoms with Gasteiger partial charge < -0.3 is 9.73 Å². The van der Waals surface area contributed by atoms with Gasteiger partial charge in [0.15, 0.2) is 11.7 Å². The van der Waals surface area contributed by atoms with Crippen molar-refractivity contribution in [1.82, 2.24) is 10.3 Å². The minimum absolute atomic E-state index is 0.0146. The van der Waals surface area contributed by atoms with E-state index >= 15 is 0 Å². The van der Waals surface area contributed by atoms with Crippen LogP contribution in [0, 0.1) is 0 Å². The molecule has 0 radical (unpaired) electrons. The molecule has 4 nitrogen and oxygen atoms in total. The van der Waals surface area contributed by atoms with E-state index in [1.165, 1.54) is 5.56 Å². The maximum atomic E-state index is 12.7. The first-order valence-electron chi connectivity index (χ1n) is 10.2. The molecule has 1 aromatic heterocycles. The lowest BCUT2D eigenvalue weighted by molar-refractivity contribution is -0.121. The molecule has 4 aromatic rings. The Kier molecular flexibility index (Phi) is 6.35. The summed E-state index contributed by atoms with van der Waals surface area (Å²) in [5.41, 5.74) is 3.26. The standard InChI is InChI=1S/C26H24N2O2/c29-25(16-17-26-27-19-24(30-26)22-14-8-3-9-15-22)28-23(21-12-6-2-7-13-21)18-20-10-4-1-5-11-20/h1-15,19,23H,16-18H2,(H,28,29). The summed E-state index contributed by atoms with van der Waals surface area (Å²) in [4.78, 5) is 17.0. The Hall–Kier alpha value is -3.66. The molecule has 0 aliphatic rings. The van der Waals surface area contributed by atoms with Crippen molar-refractivity contribution in [2.45, 2.75) is 25.3 Å². The van der Waals surface area contributed by atoms with Crippen LogP contribution in [-0.4, -0.2) is 10.9 Å². The molecule has 3 aromatic carbocycles. The second kappa shape index (κ2) is 9.70. The quantitative estimate of drug-likeness (QED) is 0.435. The molecule has 1 N–H and O–H groups in total. The number of carbonyl (C=O) groups is 1. The first-order chi connectivity index (χ1) is 14.8. The molecule has 1 heterocycles. The van der Waals surface area contributed by atoms with Gasteiger partial charge in [-0.05, 0) is 17.5 Å². The molecule has 0 aliphatic heterocycles. The third-order valence-corrected chi connectivity index (χ3v) is 5.00. The summed E-state index contributed by atoms with van der Waals surface area (Å²) in [6.07, 6.45) is 3.25. The smallest absolute Gasteiger partial charge is 0.221 e. The van der Waals surface area contributed by atoms with E-state index in [0.29, 0.717) is 18.7 Å². The highest BCUT2D eigenvalue weighted by molar-refractivity contribution is 5.76. The number of aromatic nitrogens is 1. The van der Waals surface area contributed by atoms with E-state index in [2.05, 4.69) is 22.4 Å². The fourth-order valence-electron chi connectivity index (χ4n) is 3.44. The summed E-state index contributed by atoms with van der Waals surface area (Å²) in [6, 6.07) is 30.0. The second-order valence-electron chi connectivity index (χ2n) is 7.20. The highest BCUT2D eigenvalue weighted by atomic mass is 16.4. The van der Waals surface area contributed by atoms with E-state index in [1.807, 2.05) is 78.9 Å². The topological polar surface area (TPSA) is 55.1 Å². The number of carbonyl (C=O) groups excluding carboxylic acids is 1. The summed E-state index contributed by atoms with van der Waals surface area (Å²) in [6.45, 7) is 0. The zero-order chi connectivity index (χ0) is 20.6. The SMILES string of the molecule is O=C(CCc1ncc(-c2ccccc2)o1)NC(Cc1ccccc1)c1ccccc1. The molecule has 0 bridgehead atoms. The Morgan fingerprint density at radius 1 is 0.867 bits per heavy atom. The van der Waals surface area contributed by atoms with Gasteiger partial charge in [0.1, 0.15) is 0 Å². The molecule has 4 heteroatoms. The van der Waals surface area contributed by atoms with E-state index in [1.54, 1.807) is 6.20 Å². The summed E-state index contributed by atoms with van der Waals surface area (Å²) >= 11 is 0. The van der Waals surface area contributed by atoms with Crippen molar-refractivity contribution in [2.24, 2.45) is 0 Å². The average Bonchev–Trinajstić information content (AvgIpc) is 3.28. The van der Waals surface area contributed by atoms with E-state index < -0.39 is 0 Å². The van der Waals surface area contributed by atoms with Crippen LogP contribution in [0.1, 0.15) is 29.5 Å². The first kappa shape index (κ1) is 19.6. The van der Waals surface area contributed by atoms with Gasteiger partial charge in [-0.2, -0.15) is 0 Å². The number of rotatable bonds is 8. The van der Waals surface area contributed by atoms with E-state index in [4.69, 9.17) is 4.42 Å². The number of nitrogens with zero attached hydrogens (tertiary/aromatic N) is 1. The maximum Gasteiger partial charge on any atom is 0.221 e. The normalized spacial score (nSPS) is 11.7. The Balaban J connectivity index is 1.39. The van der Waals surface area contributed by atoms with Crippen LogP contribution in [0.15, 0.2) is 102 Å². The molecule has 0 saturated carbocycles. The number of hydrogen-bond donors (Lipinski definition) is 1. The van der Waals surface area contributed by atoms with Crippen LogP contribution in [-0.2, 0) is 17.6 Å². The fraction of sp³-hybridized carbons (Fsp3) is 0.154. The fourth-order valence-corrected chi connectivity index (χ4v) is 3.44. The number of benzene rings is 3. The molecule has 1 amide bonds. The first-order valence-corrected chi connectivity index (χ1v) is 10.2. The van der Waals surface area contributed by atoms with Crippen LogP contribution in [0.5, 0.6) is 0 Å². The molecule has 0 aliphatic carbocycles. The average molecular weight is 396 g/mol. The van der Waals surface area contributed by atoms with Crippen molar-refractivity contribution in [3.05, 3.63) is 114 Å². The highest BCUT2D eigenvalue weighted by Crippen LogP contribution is 2.21. The van der Waals surface area contributed by atoms with Gasteiger partial charge in [0.2, 0.25) is 5.91 Å². The number of aryl methyl sites for hydroxylation is 1. The Bertz CT molecular complexity index is 1060. The molecule has 0 saturated heterocycles. The van der Waals surface area contributed by atoms with Crippen LogP contribution in [0.2, 0.25) is 0 Å². The van der Waals surface area contributed by atoms with E-state index in [0.717, 1.165) is 23.3 Å². The lowest BCUT2D eigenvalue weighted by atomic mass is 9.98. The molecule has 4 rings (SSSR count). The van der Waals surface area contributed by atoms with E-state index in [-0.39, 0.29) is 11.9 Å². The van der Waals surface area contributed by atoms with Gasteiger partial charge in [-0.1, -0.05) is 91.0 Å². The zero-order valence-corrected chi connectivity index (χ0v) is 16.7. The van der Waals surface area contributed by atoms with Crippen LogP contribution < -0.4 is 5.32 Å². The predicted octanol–water partition coefficient (Wildman–Crippen LogP) is 5.37. The second-order valence-corrected chi connectivity index (χ2v) is 7.20. The van der Waals surface area contributed by atoms with Gasteiger partial charge in [-0.3, -0.25) is 4.79 Å². The van der Waals surface area contributed by atoms with E-state index in [9.17, 15) is 4.79 Å².